The second-order valence-electron chi connectivity index (χ2n) is 8.40. The van der Waals surface area contributed by atoms with E-state index in [9.17, 15) is 4.79 Å². The van der Waals surface area contributed by atoms with Crippen LogP contribution in [-0.2, 0) is 4.74 Å². The molecule has 186 valence electrons. The molecule has 2 heterocycles. The Morgan fingerprint density at radius 2 is 1.86 bits per heavy atom. The van der Waals surface area contributed by atoms with Crippen LogP contribution in [0.25, 0.3) is 5.57 Å². The molecule has 1 aromatic heterocycles. The number of nitrogens with one attached hydrogen (secondary N) is 2. The van der Waals surface area contributed by atoms with Gasteiger partial charge in [-0.05, 0) is 54.5 Å². The van der Waals surface area contributed by atoms with Crippen molar-refractivity contribution in [3.8, 4) is 0 Å². The van der Waals surface area contributed by atoms with Crippen LogP contribution in [0, 0.1) is 0 Å². The maximum absolute atomic E-state index is 12.7. The fraction of sp³-hybridized carbons (Fsp3) is 0.214. The van der Waals surface area contributed by atoms with Crippen LogP contribution < -0.4 is 21.3 Å². The molecule has 36 heavy (non-hydrogen) atoms. The molecule has 1 atom stereocenters. The average Bonchev–Trinajstić information content (AvgIpc) is 3.41. The number of nitrogens with zero attached hydrogens (tertiary/aromatic N) is 2. The number of guanidine groups is 1. The normalized spacial score (nSPS) is 15.0. The summed E-state index contributed by atoms with van der Waals surface area (Å²) < 4.78 is 5.43. The molecular formula is C28H31N5O2S. The van der Waals surface area contributed by atoms with Crippen molar-refractivity contribution in [1.82, 2.24) is 5.32 Å². The maximum atomic E-state index is 12.7. The van der Waals surface area contributed by atoms with E-state index in [4.69, 9.17) is 10.5 Å². The summed E-state index contributed by atoms with van der Waals surface area (Å²) in [5.41, 5.74) is 9.87. The van der Waals surface area contributed by atoms with Crippen molar-refractivity contribution in [3.05, 3.63) is 101 Å². The van der Waals surface area contributed by atoms with E-state index in [1.165, 1.54) is 11.3 Å². The van der Waals surface area contributed by atoms with E-state index in [2.05, 4.69) is 33.2 Å². The van der Waals surface area contributed by atoms with Gasteiger partial charge in [-0.2, -0.15) is 0 Å². The molecule has 0 unspecified atom stereocenters. The van der Waals surface area contributed by atoms with Gasteiger partial charge in [0.2, 0.25) is 0 Å². The molecule has 0 aliphatic carbocycles. The predicted octanol–water partition coefficient (Wildman–Crippen LogP) is 5.03. The number of allylic oxidation sites excluding steroid dienone is 2. The standard InChI is InChI=1S/C28H31N5O2S/c1-20(25-11-12-26(36-25)27(34)31-21(2)22-7-4-3-5-8-22)13-14-30-28(29)32-23-9-6-10-24(19-23)33-15-17-35-18-16-33/h3-14,19,21H,1,15-18H2,2H3,(H,31,34)(H3,29,30,32)/b14-13-/t21-/m1/s1. The molecule has 4 N–H and O–H groups in total. The molecule has 0 spiro atoms. The smallest absolute Gasteiger partial charge is 0.261 e. The highest BCUT2D eigenvalue weighted by atomic mass is 32.1. The topological polar surface area (TPSA) is 92.0 Å². The number of morpholine rings is 1. The second-order valence-corrected chi connectivity index (χ2v) is 9.48. The van der Waals surface area contributed by atoms with Gasteiger partial charge in [0.15, 0.2) is 5.96 Å². The van der Waals surface area contributed by atoms with E-state index >= 15 is 0 Å². The third-order valence-electron chi connectivity index (χ3n) is 5.78. The summed E-state index contributed by atoms with van der Waals surface area (Å²) in [5, 5.41) is 6.16. The van der Waals surface area contributed by atoms with E-state index in [-0.39, 0.29) is 17.9 Å². The van der Waals surface area contributed by atoms with Gasteiger partial charge in [0, 0.05) is 35.5 Å². The molecule has 1 saturated heterocycles. The monoisotopic (exact) mass is 501 g/mol. The summed E-state index contributed by atoms with van der Waals surface area (Å²) in [6.07, 6.45) is 3.38. The maximum Gasteiger partial charge on any atom is 0.261 e. The lowest BCUT2D eigenvalue weighted by atomic mass is 10.1. The number of carbonyl (C=O) groups excluding carboxylic acids is 1. The zero-order valence-corrected chi connectivity index (χ0v) is 21.1. The van der Waals surface area contributed by atoms with Crippen molar-refractivity contribution in [2.45, 2.75) is 13.0 Å². The van der Waals surface area contributed by atoms with Crippen LogP contribution >= 0.6 is 11.3 Å². The van der Waals surface area contributed by atoms with E-state index in [0.29, 0.717) is 4.88 Å². The fourth-order valence-electron chi connectivity index (χ4n) is 3.80. The van der Waals surface area contributed by atoms with Gasteiger partial charge >= 0.3 is 0 Å². The SMILES string of the molecule is C=C(/C=C\N=C(N)Nc1cccc(N2CCOCC2)c1)c1ccc(C(=O)N[C@H](C)c2ccccc2)s1. The number of anilines is 2. The first-order valence-corrected chi connectivity index (χ1v) is 12.7. The van der Waals surface area contributed by atoms with E-state index in [0.717, 1.165) is 53.7 Å². The third-order valence-corrected chi connectivity index (χ3v) is 6.94. The van der Waals surface area contributed by atoms with Crippen molar-refractivity contribution >= 4 is 40.2 Å². The minimum atomic E-state index is -0.106. The molecule has 7 nitrogen and oxygen atoms in total. The Bertz CT molecular complexity index is 1250. The van der Waals surface area contributed by atoms with Gasteiger partial charge in [0.05, 0.1) is 24.1 Å². The number of hydrogen-bond donors (Lipinski definition) is 3. The van der Waals surface area contributed by atoms with Crippen molar-refractivity contribution in [1.29, 1.82) is 0 Å². The van der Waals surface area contributed by atoms with Crippen molar-refractivity contribution in [2.24, 2.45) is 10.7 Å². The van der Waals surface area contributed by atoms with Gasteiger partial charge in [0.1, 0.15) is 0 Å². The zero-order chi connectivity index (χ0) is 25.3. The number of nitrogens with two attached hydrogens (primary N) is 1. The lowest BCUT2D eigenvalue weighted by Gasteiger charge is -2.29. The third kappa shape index (κ3) is 6.84. The Balaban J connectivity index is 1.31. The minimum Gasteiger partial charge on any atom is -0.378 e. The first-order valence-electron chi connectivity index (χ1n) is 11.8. The average molecular weight is 502 g/mol. The number of carbonyl (C=O) groups is 1. The highest BCUT2D eigenvalue weighted by Gasteiger charge is 2.14. The molecule has 0 saturated carbocycles. The van der Waals surface area contributed by atoms with Crippen molar-refractivity contribution in [3.63, 3.8) is 0 Å². The second kappa shape index (κ2) is 12.2. The summed E-state index contributed by atoms with van der Waals surface area (Å²) in [5.74, 6) is 0.171. The molecule has 1 aliphatic heterocycles. The van der Waals surface area contributed by atoms with Crippen molar-refractivity contribution < 1.29 is 9.53 Å². The molecule has 0 bridgehead atoms. The van der Waals surface area contributed by atoms with Gasteiger partial charge in [-0.15, -0.1) is 11.3 Å². The number of ether oxygens (including phenoxy) is 1. The largest absolute Gasteiger partial charge is 0.378 e. The zero-order valence-electron chi connectivity index (χ0n) is 20.3. The summed E-state index contributed by atoms with van der Waals surface area (Å²) in [7, 11) is 0. The van der Waals surface area contributed by atoms with Gasteiger partial charge in [-0.25, -0.2) is 4.99 Å². The van der Waals surface area contributed by atoms with Crippen LogP contribution in [0.5, 0.6) is 0 Å². The molecule has 3 aromatic rings. The summed E-state index contributed by atoms with van der Waals surface area (Å²) in [6, 6.07) is 21.6. The van der Waals surface area contributed by atoms with Crippen LogP contribution in [0.15, 0.2) is 90.6 Å². The summed E-state index contributed by atoms with van der Waals surface area (Å²) in [4.78, 5) is 20.7. The van der Waals surface area contributed by atoms with Crippen LogP contribution in [-0.4, -0.2) is 38.2 Å². The molecule has 1 aliphatic rings. The Labute approximate surface area is 216 Å². The first-order chi connectivity index (χ1) is 17.5. The van der Waals surface area contributed by atoms with Crippen LogP contribution in [0.2, 0.25) is 0 Å². The summed E-state index contributed by atoms with van der Waals surface area (Å²) in [6.45, 7) is 9.28. The van der Waals surface area contributed by atoms with Gasteiger partial charge in [-0.3, -0.25) is 4.79 Å². The molecule has 1 fully saturated rings. The Morgan fingerprint density at radius 1 is 1.11 bits per heavy atom. The molecular weight excluding hydrogens is 470 g/mol. The quantitative estimate of drug-likeness (QED) is 0.229. The molecule has 0 radical (unpaired) electrons. The van der Waals surface area contributed by atoms with Crippen LogP contribution in [0.3, 0.4) is 0 Å². The minimum absolute atomic E-state index is 0.0771. The number of rotatable bonds is 8. The first kappa shape index (κ1) is 25.2. The lowest BCUT2D eigenvalue weighted by Crippen LogP contribution is -2.36. The number of thiophene rings is 1. The number of benzene rings is 2. The molecule has 2 aromatic carbocycles. The van der Waals surface area contributed by atoms with Gasteiger partial charge < -0.3 is 26.0 Å². The fourth-order valence-corrected chi connectivity index (χ4v) is 4.66. The highest BCUT2D eigenvalue weighted by Crippen LogP contribution is 2.25. The molecule has 1 amide bonds. The molecule has 8 heteroatoms. The van der Waals surface area contributed by atoms with Crippen LogP contribution in [0.4, 0.5) is 11.4 Å². The highest BCUT2D eigenvalue weighted by molar-refractivity contribution is 7.15. The van der Waals surface area contributed by atoms with Crippen LogP contribution in [0.1, 0.15) is 33.1 Å². The van der Waals surface area contributed by atoms with Crippen molar-refractivity contribution in [2.75, 3.05) is 36.5 Å². The van der Waals surface area contributed by atoms with Gasteiger partial charge in [0.25, 0.3) is 5.91 Å². The number of amides is 1. The van der Waals surface area contributed by atoms with E-state index in [1.54, 1.807) is 12.3 Å². The number of aliphatic imine (C=N–C) groups is 1. The lowest BCUT2D eigenvalue weighted by molar-refractivity contribution is 0.0944. The Hall–Kier alpha value is -3.88. The Morgan fingerprint density at radius 3 is 2.64 bits per heavy atom. The Kier molecular flexibility index (Phi) is 8.54. The predicted molar refractivity (Wildman–Crippen MR) is 150 cm³/mol. The van der Waals surface area contributed by atoms with E-state index < -0.39 is 0 Å². The molecule has 4 rings (SSSR count). The van der Waals surface area contributed by atoms with Gasteiger partial charge in [-0.1, -0.05) is 43.0 Å². The summed E-state index contributed by atoms with van der Waals surface area (Å²) >= 11 is 1.39. The van der Waals surface area contributed by atoms with E-state index in [1.807, 2.05) is 67.6 Å². The number of hydrogen-bond acceptors (Lipinski definition) is 5.